The molecule has 0 atom stereocenters. The van der Waals surface area contributed by atoms with Gasteiger partial charge < -0.3 is 4.90 Å². The number of fused-ring (bicyclic) bond motifs is 1. The molecule has 3 heteroatoms. The van der Waals surface area contributed by atoms with E-state index in [4.69, 9.17) is 0 Å². The molecule has 0 aromatic heterocycles. The summed E-state index contributed by atoms with van der Waals surface area (Å²) in [7, 11) is 0. The molecule has 0 N–H and O–H groups in total. The van der Waals surface area contributed by atoms with Crippen molar-refractivity contribution in [2.75, 3.05) is 11.4 Å². The molecule has 2 nitrogen and oxygen atoms in total. The second kappa shape index (κ2) is 3.74. The quantitative estimate of drug-likeness (QED) is 0.713. The zero-order valence-corrected chi connectivity index (χ0v) is 9.46. The molecular weight excluding hydrogens is 205 g/mol. The Morgan fingerprint density at radius 1 is 1.44 bits per heavy atom. The van der Waals surface area contributed by atoms with E-state index in [1.165, 1.54) is 12.1 Å². The number of hydrogen-bond acceptors (Lipinski definition) is 2. The van der Waals surface area contributed by atoms with E-state index in [0.717, 1.165) is 12.2 Å². The first-order chi connectivity index (χ1) is 7.50. The molecule has 1 aliphatic rings. The van der Waals surface area contributed by atoms with Gasteiger partial charge in [-0.1, -0.05) is 20.4 Å². The lowest BCUT2D eigenvalue weighted by Crippen LogP contribution is -2.24. The predicted molar refractivity (Wildman–Crippen MR) is 62.1 cm³/mol. The van der Waals surface area contributed by atoms with Crippen molar-refractivity contribution in [1.29, 1.82) is 0 Å². The largest absolute Gasteiger partial charge is 0.338 e. The van der Waals surface area contributed by atoms with Crippen LogP contribution < -0.4 is 4.90 Å². The Bertz CT molecular complexity index is 465. The molecule has 0 fully saturated rings. The molecule has 0 radical (unpaired) electrons. The van der Waals surface area contributed by atoms with Gasteiger partial charge in [-0.05, 0) is 24.1 Å². The molecule has 0 saturated heterocycles. The van der Waals surface area contributed by atoms with E-state index < -0.39 is 0 Å². The molecule has 0 saturated carbocycles. The monoisotopic (exact) mass is 219 g/mol. The normalized spacial score (nSPS) is 14.9. The fraction of sp³-hybridized carbons (Fsp3) is 0.308. The van der Waals surface area contributed by atoms with Crippen molar-refractivity contribution in [2.24, 2.45) is 5.92 Å². The zero-order valence-electron chi connectivity index (χ0n) is 9.46. The lowest BCUT2D eigenvalue weighted by molar-refractivity contribution is 0.103. The van der Waals surface area contributed by atoms with Crippen molar-refractivity contribution in [3.63, 3.8) is 0 Å². The summed E-state index contributed by atoms with van der Waals surface area (Å²) >= 11 is 0. The van der Waals surface area contributed by atoms with E-state index in [-0.39, 0.29) is 11.6 Å². The molecule has 0 spiro atoms. The maximum absolute atomic E-state index is 13.1. The number of allylic oxidation sites excluding steroid dienone is 1. The number of ketones is 1. The number of carbonyl (C=O) groups is 1. The van der Waals surface area contributed by atoms with Crippen molar-refractivity contribution in [3.05, 3.63) is 41.9 Å². The van der Waals surface area contributed by atoms with Gasteiger partial charge in [-0.2, -0.15) is 0 Å². The van der Waals surface area contributed by atoms with E-state index >= 15 is 0 Å². The first kappa shape index (κ1) is 10.9. The van der Waals surface area contributed by atoms with Crippen LogP contribution >= 0.6 is 0 Å². The fourth-order valence-electron chi connectivity index (χ4n) is 1.92. The van der Waals surface area contributed by atoms with Gasteiger partial charge in [0.2, 0.25) is 5.78 Å². The summed E-state index contributed by atoms with van der Waals surface area (Å²) in [5.41, 5.74) is 1.63. The highest BCUT2D eigenvalue weighted by Crippen LogP contribution is 2.34. The Labute approximate surface area is 94.4 Å². The van der Waals surface area contributed by atoms with Gasteiger partial charge in [0.1, 0.15) is 5.82 Å². The van der Waals surface area contributed by atoms with Crippen LogP contribution in [0.4, 0.5) is 10.1 Å². The van der Waals surface area contributed by atoms with Gasteiger partial charge in [-0.3, -0.25) is 4.79 Å². The Morgan fingerprint density at radius 2 is 2.12 bits per heavy atom. The summed E-state index contributed by atoms with van der Waals surface area (Å²) in [6, 6.07) is 4.30. The van der Waals surface area contributed by atoms with E-state index in [1.807, 2.05) is 4.90 Å². The van der Waals surface area contributed by atoms with Crippen molar-refractivity contribution >= 4 is 11.5 Å². The number of benzene rings is 1. The number of anilines is 1. The van der Waals surface area contributed by atoms with Crippen LogP contribution in [-0.2, 0) is 0 Å². The third kappa shape index (κ3) is 1.62. The highest BCUT2D eigenvalue weighted by atomic mass is 19.1. The van der Waals surface area contributed by atoms with Gasteiger partial charge in [-0.25, -0.2) is 4.39 Å². The molecule has 2 rings (SSSR count). The summed E-state index contributed by atoms with van der Waals surface area (Å²) in [5.74, 6) is -0.137. The molecule has 1 aromatic rings. The maximum atomic E-state index is 13.1. The Morgan fingerprint density at radius 3 is 2.75 bits per heavy atom. The molecule has 84 valence electrons. The zero-order chi connectivity index (χ0) is 11.9. The lowest BCUT2D eigenvalue weighted by Gasteiger charge is -2.21. The third-order valence-electron chi connectivity index (χ3n) is 2.63. The van der Waals surface area contributed by atoms with Gasteiger partial charge in [-0.15, -0.1) is 0 Å². The number of hydrogen-bond donors (Lipinski definition) is 0. The van der Waals surface area contributed by atoms with Crippen LogP contribution in [0.2, 0.25) is 0 Å². The van der Waals surface area contributed by atoms with Crippen molar-refractivity contribution in [1.82, 2.24) is 0 Å². The summed E-state index contributed by atoms with van der Waals surface area (Å²) in [6.45, 7) is 8.63. The van der Waals surface area contributed by atoms with E-state index in [0.29, 0.717) is 17.2 Å². The number of carbonyl (C=O) groups excluding carboxylic acids is 1. The molecule has 0 aliphatic carbocycles. The SMILES string of the molecule is C=C1C(=O)c2cc(F)ccc2N1CC(C)C. The minimum Gasteiger partial charge on any atom is -0.338 e. The number of Topliss-reactive ketones (excluding diaryl/α,β-unsaturated/α-hetero) is 1. The van der Waals surface area contributed by atoms with Crippen molar-refractivity contribution in [2.45, 2.75) is 13.8 Å². The first-order valence-corrected chi connectivity index (χ1v) is 5.31. The van der Waals surface area contributed by atoms with Crippen molar-refractivity contribution in [3.8, 4) is 0 Å². The van der Waals surface area contributed by atoms with Crippen LogP contribution in [0.15, 0.2) is 30.5 Å². The highest BCUT2D eigenvalue weighted by molar-refractivity contribution is 6.18. The highest BCUT2D eigenvalue weighted by Gasteiger charge is 2.31. The predicted octanol–water partition coefficient (Wildman–Crippen LogP) is 3.00. The first-order valence-electron chi connectivity index (χ1n) is 5.31. The van der Waals surface area contributed by atoms with Gasteiger partial charge in [0.15, 0.2) is 0 Å². The van der Waals surface area contributed by atoms with Crippen molar-refractivity contribution < 1.29 is 9.18 Å². The number of rotatable bonds is 2. The third-order valence-corrected chi connectivity index (χ3v) is 2.63. The molecule has 0 unspecified atom stereocenters. The van der Waals surface area contributed by atoms with Gasteiger partial charge in [0, 0.05) is 6.54 Å². The molecule has 1 aromatic carbocycles. The Balaban J connectivity index is 2.46. The number of halogens is 1. The number of nitrogens with zero attached hydrogens (tertiary/aromatic N) is 1. The standard InChI is InChI=1S/C13H14FNO/c1-8(2)7-15-9(3)13(16)11-6-10(14)4-5-12(11)15/h4-6,8H,3,7H2,1-2H3. The van der Waals surface area contributed by atoms with Gasteiger partial charge in [0.05, 0.1) is 16.9 Å². The summed E-state index contributed by atoms with van der Waals surface area (Å²) < 4.78 is 13.1. The summed E-state index contributed by atoms with van der Waals surface area (Å²) in [5, 5.41) is 0. The van der Waals surface area contributed by atoms with Gasteiger partial charge in [0.25, 0.3) is 0 Å². The van der Waals surface area contributed by atoms with Crippen LogP contribution in [0.3, 0.4) is 0 Å². The summed E-state index contributed by atoms with van der Waals surface area (Å²) in [4.78, 5) is 13.7. The van der Waals surface area contributed by atoms with Crippen LogP contribution in [0.5, 0.6) is 0 Å². The average Bonchev–Trinajstić information content (AvgIpc) is 2.43. The fourth-order valence-corrected chi connectivity index (χ4v) is 1.92. The molecule has 1 aliphatic heterocycles. The van der Waals surface area contributed by atoms with Crippen LogP contribution in [0.25, 0.3) is 0 Å². The van der Waals surface area contributed by atoms with Gasteiger partial charge >= 0.3 is 0 Å². The second-order valence-corrected chi connectivity index (χ2v) is 4.44. The topological polar surface area (TPSA) is 20.3 Å². The smallest absolute Gasteiger partial charge is 0.210 e. The molecule has 16 heavy (non-hydrogen) atoms. The van der Waals surface area contributed by atoms with Crippen LogP contribution in [0.1, 0.15) is 24.2 Å². The summed E-state index contributed by atoms with van der Waals surface area (Å²) in [6.07, 6.45) is 0. The van der Waals surface area contributed by atoms with E-state index in [2.05, 4.69) is 20.4 Å². The maximum Gasteiger partial charge on any atom is 0.210 e. The molecule has 0 amide bonds. The average molecular weight is 219 g/mol. The van der Waals surface area contributed by atoms with Crippen LogP contribution in [-0.4, -0.2) is 12.3 Å². The lowest BCUT2D eigenvalue weighted by atomic mass is 10.1. The van der Waals surface area contributed by atoms with E-state index in [9.17, 15) is 9.18 Å². The molecular formula is C13H14FNO. The molecule has 0 bridgehead atoms. The minimum absolute atomic E-state index is 0.171. The van der Waals surface area contributed by atoms with Crippen LogP contribution in [0, 0.1) is 11.7 Å². The molecule has 1 heterocycles. The second-order valence-electron chi connectivity index (χ2n) is 4.44. The minimum atomic E-state index is -0.383. The Hall–Kier alpha value is -1.64. The Kier molecular flexibility index (Phi) is 2.54. The van der Waals surface area contributed by atoms with E-state index in [1.54, 1.807) is 6.07 Å².